The highest BCUT2D eigenvalue weighted by atomic mass is 16.1. The number of aromatic nitrogens is 2. The maximum atomic E-state index is 12.0. The highest BCUT2D eigenvalue weighted by molar-refractivity contribution is 5.42. The van der Waals surface area contributed by atoms with Gasteiger partial charge in [0.1, 0.15) is 0 Å². The molecular formula is C16H21N3O. The van der Waals surface area contributed by atoms with Gasteiger partial charge in [-0.3, -0.25) is 4.57 Å². The van der Waals surface area contributed by atoms with E-state index in [4.69, 9.17) is 0 Å². The normalized spacial score (nSPS) is 19.1. The first kappa shape index (κ1) is 13.2. The fraction of sp³-hybridized carbons (Fsp3) is 0.438. The number of aryl methyl sites for hydroxylation is 1. The van der Waals surface area contributed by atoms with Gasteiger partial charge in [-0.1, -0.05) is 24.6 Å². The lowest BCUT2D eigenvalue weighted by Crippen LogP contribution is -2.36. The first-order chi connectivity index (χ1) is 9.75. The molecule has 0 saturated carbocycles. The standard InChI is InChI=1S/C16H21N3O/c1-12-11-18-16(20)19(12)15-8-3-2-6-13(15)10-14-7-4-5-9-17-14/h2-3,6,8,11,14,17H,4-5,7,9-10H2,1H3,(H,18,20). The monoisotopic (exact) mass is 271 g/mol. The number of imidazole rings is 1. The summed E-state index contributed by atoms with van der Waals surface area (Å²) in [7, 11) is 0. The maximum Gasteiger partial charge on any atom is 0.330 e. The van der Waals surface area contributed by atoms with Crippen molar-refractivity contribution in [2.45, 2.75) is 38.6 Å². The molecular weight excluding hydrogens is 250 g/mol. The molecule has 1 aromatic heterocycles. The van der Waals surface area contributed by atoms with Crippen molar-refractivity contribution >= 4 is 0 Å². The van der Waals surface area contributed by atoms with Crippen molar-refractivity contribution in [3.63, 3.8) is 0 Å². The number of nitrogens with one attached hydrogen (secondary N) is 2. The topological polar surface area (TPSA) is 49.8 Å². The fourth-order valence-corrected chi connectivity index (χ4v) is 3.02. The molecule has 106 valence electrons. The third kappa shape index (κ3) is 2.56. The fourth-order valence-electron chi connectivity index (χ4n) is 3.02. The molecule has 3 rings (SSSR count). The Balaban J connectivity index is 1.94. The Morgan fingerprint density at radius 3 is 2.85 bits per heavy atom. The summed E-state index contributed by atoms with van der Waals surface area (Å²) in [6.07, 6.45) is 6.53. The van der Waals surface area contributed by atoms with Gasteiger partial charge < -0.3 is 10.3 Å². The third-order valence-electron chi connectivity index (χ3n) is 4.07. The number of benzene rings is 1. The molecule has 4 heteroatoms. The van der Waals surface area contributed by atoms with E-state index in [1.54, 1.807) is 10.8 Å². The van der Waals surface area contributed by atoms with E-state index in [2.05, 4.69) is 22.4 Å². The summed E-state index contributed by atoms with van der Waals surface area (Å²) in [5.41, 5.74) is 3.12. The van der Waals surface area contributed by atoms with Gasteiger partial charge in [0.25, 0.3) is 0 Å². The van der Waals surface area contributed by atoms with Crippen molar-refractivity contribution in [1.29, 1.82) is 0 Å². The van der Waals surface area contributed by atoms with Gasteiger partial charge in [0.2, 0.25) is 0 Å². The number of hydrogen-bond donors (Lipinski definition) is 2. The summed E-state index contributed by atoms with van der Waals surface area (Å²) >= 11 is 0. The first-order valence-corrected chi connectivity index (χ1v) is 7.34. The average molecular weight is 271 g/mol. The highest BCUT2D eigenvalue weighted by Crippen LogP contribution is 2.19. The van der Waals surface area contributed by atoms with Crippen molar-refractivity contribution in [1.82, 2.24) is 14.9 Å². The minimum Gasteiger partial charge on any atom is -0.314 e. The number of piperidine rings is 1. The molecule has 1 atom stereocenters. The third-order valence-corrected chi connectivity index (χ3v) is 4.07. The molecule has 1 fully saturated rings. The molecule has 0 amide bonds. The molecule has 20 heavy (non-hydrogen) atoms. The van der Waals surface area contributed by atoms with Crippen LogP contribution < -0.4 is 11.0 Å². The first-order valence-electron chi connectivity index (χ1n) is 7.34. The number of hydrogen-bond acceptors (Lipinski definition) is 2. The lowest BCUT2D eigenvalue weighted by atomic mass is 9.97. The Kier molecular flexibility index (Phi) is 3.74. The predicted molar refractivity (Wildman–Crippen MR) is 80.5 cm³/mol. The lowest BCUT2D eigenvalue weighted by Gasteiger charge is -2.24. The zero-order valence-corrected chi connectivity index (χ0v) is 11.9. The second-order valence-corrected chi connectivity index (χ2v) is 5.55. The molecule has 1 saturated heterocycles. The molecule has 0 bridgehead atoms. The second kappa shape index (κ2) is 5.67. The Morgan fingerprint density at radius 1 is 1.30 bits per heavy atom. The smallest absolute Gasteiger partial charge is 0.314 e. The lowest BCUT2D eigenvalue weighted by molar-refractivity contribution is 0.399. The summed E-state index contributed by atoms with van der Waals surface area (Å²) in [6.45, 7) is 3.06. The molecule has 0 aliphatic carbocycles. The van der Waals surface area contributed by atoms with Crippen LogP contribution in [0.5, 0.6) is 0 Å². The number of rotatable bonds is 3. The van der Waals surface area contributed by atoms with Crippen molar-refractivity contribution in [3.05, 3.63) is 52.2 Å². The molecule has 2 heterocycles. The van der Waals surface area contributed by atoms with Crippen LogP contribution >= 0.6 is 0 Å². The van der Waals surface area contributed by atoms with Crippen molar-refractivity contribution in [2.75, 3.05) is 6.54 Å². The van der Waals surface area contributed by atoms with Crippen molar-refractivity contribution in [2.24, 2.45) is 0 Å². The predicted octanol–water partition coefficient (Wildman–Crippen LogP) is 2.16. The van der Waals surface area contributed by atoms with Gasteiger partial charge in [0.05, 0.1) is 5.69 Å². The molecule has 4 nitrogen and oxygen atoms in total. The number of aromatic amines is 1. The number of para-hydroxylation sites is 1. The molecule has 1 aliphatic rings. The largest absolute Gasteiger partial charge is 0.330 e. The summed E-state index contributed by atoms with van der Waals surface area (Å²) in [5.74, 6) is 0. The van der Waals surface area contributed by atoms with Crippen LogP contribution in [0, 0.1) is 6.92 Å². The van der Waals surface area contributed by atoms with Crippen LogP contribution in [-0.2, 0) is 6.42 Å². The van der Waals surface area contributed by atoms with E-state index in [-0.39, 0.29) is 5.69 Å². The van der Waals surface area contributed by atoms with E-state index in [9.17, 15) is 4.79 Å². The summed E-state index contributed by atoms with van der Waals surface area (Å²) in [6, 6.07) is 8.73. The van der Waals surface area contributed by atoms with Gasteiger partial charge in [0.15, 0.2) is 0 Å². The van der Waals surface area contributed by atoms with Crippen LogP contribution in [-0.4, -0.2) is 22.1 Å². The van der Waals surface area contributed by atoms with Gasteiger partial charge in [0, 0.05) is 17.9 Å². The second-order valence-electron chi connectivity index (χ2n) is 5.55. The minimum atomic E-state index is -0.0634. The molecule has 0 spiro atoms. The van der Waals surface area contributed by atoms with Gasteiger partial charge in [-0.2, -0.15) is 0 Å². The Morgan fingerprint density at radius 2 is 2.15 bits per heavy atom. The average Bonchev–Trinajstić information content (AvgIpc) is 2.80. The van der Waals surface area contributed by atoms with Crippen LogP contribution in [0.3, 0.4) is 0 Å². The van der Waals surface area contributed by atoms with Crippen LogP contribution in [0.2, 0.25) is 0 Å². The van der Waals surface area contributed by atoms with Gasteiger partial charge >= 0.3 is 5.69 Å². The van der Waals surface area contributed by atoms with E-state index in [0.717, 1.165) is 24.3 Å². The SMILES string of the molecule is Cc1c[nH]c(=O)n1-c1ccccc1CC1CCCCN1. The van der Waals surface area contributed by atoms with Crippen LogP contribution in [0.15, 0.2) is 35.3 Å². The number of nitrogens with zero attached hydrogens (tertiary/aromatic N) is 1. The van der Waals surface area contributed by atoms with Crippen molar-refractivity contribution < 1.29 is 0 Å². The maximum absolute atomic E-state index is 12.0. The summed E-state index contributed by atoms with van der Waals surface area (Å²) < 4.78 is 1.76. The van der Waals surface area contributed by atoms with E-state index in [1.807, 2.05) is 19.1 Å². The van der Waals surface area contributed by atoms with Gasteiger partial charge in [-0.25, -0.2) is 4.79 Å². The molecule has 1 aromatic carbocycles. The zero-order valence-electron chi connectivity index (χ0n) is 11.9. The van der Waals surface area contributed by atoms with Gasteiger partial charge in [-0.15, -0.1) is 0 Å². The zero-order chi connectivity index (χ0) is 13.9. The van der Waals surface area contributed by atoms with E-state index < -0.39 is 0 Å². The van der Waals surface area contributed by atoms with Crippen LogP contribution in [0.25, 0.3) is 5.69 Å². The molecule has 2 N–H and O–H groups in total. The quantitative estimate of drug-likeness (QED) is 0.898. The molecule has 1 aliphatic heterocycles. The molecule has 2 aromatic rings. The van der Waals surface area contributed by atoms with Crippen LogP contribution in [0.4, 0.5) is 0 Å². The van der Waals surface area contributed by atoms with E-state index >= 15 is 0 Å². The highest BCUT2D eigenvalue weighted by Gasteiger charge is 2.16. The van der Waals surface area contributed by atoms with Crippen LogP contribution in [0.1, 0.15) is 30.5 Å². The Labute approximate surface area is 118 Å². The Bertz CT molecular complexity index is 635. The van der Waals surface area contributed by atoms with Crippen molar-refractivity contribution in [3.8, 4) is 5.69 Å². The summed E-state index contributed by atoms with van der Waals surface area (Å²) in [5, 5.41) is 3.57. The van der Waals surface area contributed by atoms with E-state index in [1.165, 1.54) is 24.8 Å². The summed E-state index contributed by atoms with van der Waals surface area (Å²) in [4.78, 5) is 14.7. The molecule has 0 radical (unpaired) electrons. The van der Waals surface area contributed by atoms with E-state index in [0.29, 0.717) is 6.04 Å². The Hall–Kier alpha value is -1.81. The molecule has 1 unspecified atom stereocenters. The number of H-pyrrole nitrogens is 1. The van der Waals surface area contributed by atoms with Gasteiger partial charge in [-0.05, 0) is 44.4 Å². The minimum absolute atomic E-state index is 0.0634.